The van der Waals surface area contributed by atoms with E-state index in [1.807, 2.05) is 0 Å². The van der Waals surface area contributed by atoms with Gasteiger partial charge in [-0.3, -0.25) is 14.9 Å². The number of hydrogen-bond acceptors (Lipinski definition) is 4. The van der Waals surface area contributed by atoms with Gasteiger partial charge < -0.3 is 10.1 Å². The molecular formula is C11H14N2O4. The van der Waals surface area contributed by atoms with Gasteiger partial charge in [0.15, 0.2) is 0 Å². The Labute approximate surface area is 98.7 Å². The first-order valence-corrected chi connectivity index (χ1v) is 5.00. The third-order valence-electron chi connectivity index (χ3n) is 2.29. The summed E-state index contributed by atoms with van der Waals surface area (Å²) in [6, 6.07) is 3.03. The van der Waals surface area contributed by atoms with Crippen LogP contribution in [-0.2, 0) is 9.53 Å². The lowest BCUT2D eigenvalue weighted by Crippen LogP contribution is -2.18. The van der Waals surface area contributed by atoms with Gasteiger partial charge in [0.05, 0.1) is 10.6 Å². The van der Waals surface area contributed by atoms with Gasteiger partial charge in [0.1, 0.15) is 6.61 Å². The number of carbonyl (C=O) groups excluding carboxylic acids is 1. The van der Waals surface area contributed by atoms with Crippen LogP contribution >= 0.6 is 0 Å². The van der Waals surface area contributed by atoms with Crippen molar-refractivity contribution in [2.24, 2.45) is 0 Å². The number of nitrogens with zero attached hydrogens (tertiary/aromatic N) is 1. The van der Waals surface area contributed by atoms with Gasteiger partial charge in [0, 0.05) is 18.7 Å². The number of rotatable bonds is 4. The predicted molar refractivity (Wildman–Crippen MR) is 63.1 cm³/mol. The van der Waals surface area contributed by atoms with Gasteiger partial charge in [-0.2, -0.15) is 0 Å². The number of hydrogen-bond donors (Lipinski definition) is 1. The van der Waals surface area contributed by atoms with E-state index in [1.54, 1.807) is 19.9 Å². The second-order valence-corrected chi connectivity index (χ2v) is 3.69. The second kappa shape index (κ2) is 5.40. The van der Waals surface area contributed by atoms with Crippen LogP contribution in [0.2, 0.25) is 0 Å². The fourth-order valence-corrected chi connectivity index (χ4v) is 1.49. The molecule has 0 spiro atoms. The maximum atomic E-state index is 11.3. The Morgan fingerprint density at radius 2 is 2.06 bits per heavy atom. The Bertz CT molecular complexity index is 457. The van der Waals surface area contributed by atoms with Crippen molar-refractivity contribution in [2.75, 3.05) is 19.0 Å². The number of ether oxygens (including phenoxy) is 1. The molecule has 1 aromatic carbocycles. The molecule has 1 aromatic rings. The largest absolute Gasteiger partial charge is 0.375 e. The minimum Gasteiger partial charge on any atom is -0.375 e. The van der Waals surface area contributed by atoms with Gasteiger partial charge >= 0.3 is 0 Å². The normalized spacial score (nSPS) is 10.1. The number of anilines is 1. The van der Waals surface area contributed by atoms with E-state index < -0.39 is 4.92 Å². The SMILES string of the molecule is COCC(=O)Nc1cc([N+](=O)[O-])c(C)cc1C. The summed E-state index contributed by atoms with van der Waals surface area (Å²) < 4.78 is 4.67. The molecule has 1 rings (SSSR count). The van der Waals surface area contributed by atoms with E-state index in [-0.39, 0.29) is 18.2 Å². The monoisotopic (exact) mass is 238 g/mol. The summed E-state index contributed by atoms with van der Waals surface area (Å²) in [5, 5.41) is 13.3. The van der Waals surface area contributed by atoms with Crippen molar-refractivity contribution in [1.29, 1.82) is 0 Å². The summed E-state index contributed by atoms with van der Waals surface area (Å²) in [6.45, 7) is 3.35. The van der Waals surface area contributed by atoms with Gasteiger partial charge in [-0.25, -0.2) is 0 Å². The zero-order valence-corrected chi connectivity index (χ0v) is 9.94. The third-order valence-corrected chi connectivity index (χ3v) is 2.29. The van der Waals surface area contributed by atoms with Crippen LogP contribution < -0.4 is 5.32 Å². The molecule has 0 aliphatic rings. The number of amides is 1. The first kappa shape index (κ1) is 13.1. The Morgan fingerprint density at radius 3 is 2.59 bits per heavy atom. The van der Waals surface area contributed by atoms with Crippen LogP contribution in [-0.4, -0.2) is 24.5 Å². The number of nitrogens with one attached hydrogen (secondary N) is 1. The van der Waals surface area contributed by atoms with Crippen molar-refractivity contribution >= 4 is 17.3 Å². The lowest BCUT2D eigenvalue weighted by Gasteiger charge is -2.09. The molecule has 0 aromatic heterocycles. The summed E-state index contributed by atoms with van der Waals surface area (Å²) in [4.78, 5) is 21.6. The molecule has 0 heterocycles. The van der Waals surface area contributed by atoms with Crippen molar-refractivity contribution in [3.05, 3.63) is 33.4 Å². The molecule has 0 bridgehead atoms. The molecule has 1 amide bonds. The number of nitro benzene ring substituents is 1. The maximum absolute atomic E-state index is 11.3. The van der Waals surface area contributed by atoms with Crippen LogP contribution in [0.3, 0.4) is 0 Å². The molecule has 0 radical (unpaired) electrons. The zero-order chi connectivity index (χ0) is 13.0. The van der Waals surface area contributed by atoms with E-state index >= 15 is 0 Å². The minimum atomic E-state index is -0.471. The Balaban J connectivity index is 3.03. The minimum absolute atomic E-state index is 0.0108. The molecule has 0 atom stereocenters. The molecule has 0 aliphatic heterocycles. The first-order chi connectivity index (χ1) is 7.95. The highest BCUT2D eigenvalue weighted by atomic mass is 16.6. The number of aryl methyl sites for hydroxylation is 2. The number of methoxy groups -OCH3 is 1. The van der Waals surface area contributed by atoms with Crippen molar-refractivity contribution < 1.29 is 14.5 Å². The number of nitro groups is 1. The summed E-state index contributed by atoms with van der Waals surface area (Å²) >= 11 is 0. The van der Waals surface area contributed by atoms with Crippen LogP contribution in [0.4, 0.5) is 11.4 Å². The van der Waals surface area contributed by atoms with Crippen molar-refractivity contribution in [2.45, 2.75) is 13.8 Å². The first-order valence-electron chi connectivity index (χ1n) is 5.00. The van der Waals surface area contributed by atoms with E-state index in [0.29, 0.717) is 11.3 Å². The molecule has 0 aliphatic carbocycles. The summed E-state index contributed by atoms with van der Waals surface area (Å²) in [5.41, 5.74) is 1.77. The highest BCUT2D eigenvalue weighted by molar-refractivity contribution is 5.92. The third kappa shape index (κ3) is 3.25. The van der Waals surface area contributed by atoms with Crippen LogP contribution in [0.1, 0.15) is 11.1 Å². The topological polar surface area (TPSA) is 81.5 Å². The van der Waals surface area contributed by atoms with E-state index in [4.69, 9.17) is 0 Å². The van der Waals surface area contributed by atoms with Gasteiger partial charge in [0.2, 0.25) is 5.91 Å². The van der Waals surface area contributed by atoms with E-state index in [0.717, 1.165) is 5.56 Å². The average Bonchev–Trinajstić information content (AvgIpc) is 2.21. The van der Waals surface area contributed by atoms with Gasteiger partial charge in [0.25, 0.3) is 5.69 Å². The lowest BCUT2D eigenvalue weighted by molar-refractivity contribution is -0.385. The Kier molecular flexibility index (Phi) is 4.17. The van der Waals surface area contributed by atoms with Gasteiger partial charge in [-0.15, -0.1) is 0 Å². The molecular weight excluding hydrogens is 224 g/mol. The molecule has 0 unspecified atom stereocenters. The van der Waals surface area contributed by atoms with Crippen molar-refractivity contribution in [3.8, 4) is 0 Å². The van der Waals surface area contributed by atoms with E-state index in [9.17, 15) is 14.9 Å². The van der Waals surface area contributed by atoms with Crippen molar-refractivity contribution in [1.82, 2.24) is 0 Å². The Morgan fingerprint density at radius 1 is 1.41 bits per heavy atom. The lowest BCUT2D eigenvalue weighted by atomic mass is 10.1. The van der Waals surface area contributed by atoms with Crippen molar-refractivity contribution in [3.63, 3.8) is 0 Å². The number of carbonyl (C=O) groups is 1. The molecule has 17 heavy (non-hydrogen) atoms. The maximum Gasteiger partial charge on any atom is 0.274 e. The molecule has 92 valence electrons. The standard InChI is InChI=1S/C11H14N2O4/c1-7-4-8(2)10(13(15)16)5-9(7)12-11(14)6-17-3/h4-5H,6H2,1-3H3,(H,12,14). The van der Waals surface area contributed by atoms with E-state index in [1.165, 1.54) is 13.2 Å². The zero-order valence-electron chi connectivity index (χ0n) is 9.94. The quantitative estimate of drug-likeness (QED) is 0.640. The second-order valence-electron chi connectivity index (χ2n) is 3.69. The summed E-state index contributed by atoms with van der Waals surface area (Å²) in [5.74, 6) is -0.339. The molecule has 0 fully saturated rings. The highest BCUT2D eigenvalue weighted by Crippen LogP contribution is 2.26. The van der Waals surface area contributed by atoms with Gasteiger partial charge in [-0.1, -0.05) is 0 Å². The van der Waals surface area contributed by atoms with Crippen LogP contribution in [0.15, 0.2) is 12.1 Å². The molecule has 6 nitrogen and oxygen atoms in total. The highest BCUT2D eigenvalue weighted by Gasteiger charge is 2.14. The van der Waals surface area contributed by atoms with Crippen LogP contribution in [0, 0.1) is 24.0 Å². The summed E-state index contributed by atoms with van der Waals surface area (Å²) in [6.07, 6.45) is 0. The fraction of sp³-hybridized carbons (Fsp3) is 0.364. The molecule has 0 saturated carbocycles. The van der Waals surface area contributed by atoms with Gasteiger partial charge in [-0.05, 0) is 25.5 Å². The average molecular weight is 238 g/mol. The predicted octanol–water partition coefficient (Wildman–Crippen LogP) is 1.80. The summed E-state index contributed by atoms with van der Waals surface area (Å²) in [7, 11) is 1.41. The van der Waals surface area contributed by atoms with E-state index in [2.05, 4.69) is 10.1 Å². The fourth-order valence-electron chi connectivity index (χ4n) is 1.49. The molecule has 0 saturated heterocycles. The number of benzene rings is 1. The molecule has 1 N–H and O–H groups in total. The molecule has 6 heteroatoms. The van der Waals surface area contributed by atoms with Crippen LogP contribution in [0.25, 0.3) is 0 Å². The Hall–Kier alpha value is -1.95. The smallest absolute Gasteiger partial charge is 0.274 e. The van der Waals surface area contributed by atoms with Crippen LogP contribution in [0.5, 0.6) is 0 Å².